The maximum atomic E-state index is 12.3. The standard InChI is InChI=1S/C13H13Br2NO2S2/c1-8-5-11(19-9(8)2)7-16-20(17,18)13-4-3-10(14)6-12(13)15/h3-6,16H,7H2,1-2H3. The van der Waals surface area contributed by atoms with Crippen LogP contribution in [0.5, 0.6) is 0 Å². The molecule has 1 aromatic carbocycles. The van der Waals surface area contributed by atoms with Gasteiger partial charge < -0.3 is 0 Å². The van der Waals surface area contributed by atoms with E-state index in [-0.39, 0.29) is 4.90 Å². The molecule has 0 aliphatic rings. The van der Waals surface area contributed by atoms with Gasteiger partial charge in [0.25, 0.3) is 0 Å². The fourth-order valence-electron chi connectivity index (χ4n) is 1.67. The molecule has 108 valence electrons. The lowest BCUT2D eigenvalue weighted by Crippen LogP contribution is -2.23. The molecule has 1 N–H and O–H groups in total. The molecule has 0 aliphatic carbocycles. The summed E-state index contributed by atoms with van der Waals surface area (Å²) in [4.78, 5) is 2.46. The number of sulfonamides is 1. The minimum atomic E-state index is -3.52. The highest BCUT2D eigenvalue weighted by Gasteiger charge is 2.17. The summed E-state index contributed by atoms with van der Waals surface area (Å²) in [6, 6.07) is 7.01. The van der Waals surface area contributed by atoms with Crippen LogP contribution in [0.3, 0.4) is 0 Å². The summed E-state index contributed by atoms with van der Waals surface area (Å²) < 4.78 is 28.6. The number of halogens is 2. The van der Waals surface area contributed by atoms with Gasteiger partial charge in [0.05, 0.1) is 4.90 Å². The largest absolute Gasteiger partial charge is 0.242 e. The minimum Gasteiger partial charge on any atom is -0.207 e. The summed E-state index contributed by atoms with van der Waals surface area (Å²) in [5.74, 6) is 0. The molecule has 0 saturated heterocycles. The van der Waals surface area contributed by atoms with Crippen LogP contribution in [0, 0.1) is 13.8 Å². The van der Waals surface area contributed by atoms with Crippen molar-refractivity contribution < 1.29 is 8.42 Å². The lowest BCUT2D eigenvalue weighted by molar-refractivity contribution is 0.581. The average Bonchev–Trinajstić information content (AvgIpc) is 2.66. The van der Waals surface area contributed by atoms with Crippen LogP contribution in [-0.4, -0.2) is 8.42 Å². The van der Waals surface area contributed by atoms with Gasteiger partial charge in [0, 0.05) is 25.2 Å². The van der Waals surface area contributed by atoms with E-state index >= 15 is 0 Å². The first-order chi connectivity index (χ1) is 9.29. The fraction of sp³-hybridized carbons (Fsp3) is 0.231. The van der Waals surface area contributed by atoms with Crippen LogP contribution in [0.15, 0.2) is 38.1 Å². The van der Waals surface area contributed by atoms with Crippen molar-refractivity contribution in [2.75, 3.05) is 0 Å². The second kappa shape index (κ2) is 6.27. The second-order valence-corrected chi connectivity index (χ2v) is 9.20. The summed E-state index contributed by atoms with van der Waals surface area (Å²) in [5, 5.41) is 0. The van der Waals surface area contributed by atoms with Crippen LogP contribution in [0.2, 0.25) is 0 Å². The first-order valence-electron chi connectivity index (χ1n) is 5.80. The van der Waals surface area contributed by atoms with Gasteiger partial charge >= 0.3 is 0 Å². The zero-order chi connectivity index (χ0) is 14.9. The second-order valence-electron chi connectivity index (χ2n) is 4.35. The molecule has 3 nitrogen and oxygen atoms in total. The fourth-order valence-corrected chi connectivity index (χ4v) is 5.51. The first-order valence-corrected chi connectivity index (χ1v) is 9.69. The van der Waals surface area contributed by atoms with Gasteiger partial charge in [0.15, 0.2) is 0 Å². The lowest BCUT2D eigenvalue weighted by atomic mass is 10.3. The van der Waals surface area contributed by atoms with Crippen molar-refractivity contribution in [2.45, 2.75) is 25.3 Å². The Bertz CT molecular complexity index is 719. The Morgan fingerprint density at radius 3 is 2.45 bits per heavy atom. The Morgan fingerprint density at radius 2 is 1.90 bits per heavy atom. The Balaban J connectivity index is 2.19. The molecule has 0 saturated carbocycles. The highest BCUT2D eigenvalue weighted by atomic mass is 79.9. The third-order valence-electron chi connectivity index (χ3n) is 2.84. The highest BCUT2D eigenvalue weighted by Crippen LogP contribution is 2.26. The van der Waals surface area contributed by atoms with Gasteiger partial charge in [-0.1, -0.05) is 15.9 Å². The van der Waals surface area contributed by atoms with Crippen LogP contribution in [-0.2, 0) is 16.6 Å². The molecule has 0 aliphatic heterocycles. The highest BCUT2D eigenvalue weighted by molar-refractivity contribution is 9.11. The molecule has 0 fully saturated rings. The van der Waals surface area contributed by atoms with Crippen LogP contribution < -0.4 is 4.72 Å². The SMILES string of the molecule is Cc1cc(CNS(=O)(=O)c2ccc(Br)cc2Br)sc1C. The van der Waals surface area contributed by atoms with Crippen LogP contribution in [0.25, 0.3) is 0 Å². The van der Waals surface area contributed by atoms with Crippen LogP contribution >= 0.6 is 43.2 Å². The van der Waals surface area contributed by atoms with Gasteiger partial charge in [0.2, 0.25) is 10.0 Å². The van der Waals surface area contributed by atoms with E-state index in [0.717, 1.165) is 9.35 Å². The molecule has 1 aromatic heterocycles. The Kier molecular flexibility index (Phi) is 5.07. The first kappa shape index (κ1) is 16.2. The van der Waals surface area contributed by atoms with Crippen molar-refractivity contribution in [3.63, 3.8) is 0 Å². The number of nitrogens with one attached hydrogen (secondary N) is 1. The predicted octanol–water partition coefficient (Wildman–Crippen LogP) is 4.37. The van der Waals surface area contributed by atoms with Gasteiger partial charge in [0.1, 0.15) is 0 Å². The van der Waals surface area contributed by atoms with Crippen molar-refractivity contribution in [2.24, 2.45) is 0 Å². The summed E-state index contributed by atoms with van der Waals surface area (Å²) >= 11 is 8.19. The Hall–Kier alpha value is -0.210. The van der Waals surface area contributed by atoms with E-state index < -0.39 is 10.0 Å². The van der Waals surface area contributed by atoms with Gasteiger partial charge in [-0.2, -0.15) is 0 Å². The number of rotatable bonds is 4. The number of benzene rings is 1. The molecule has 0 amide bonds. The number of aryl methyl sites for hydroxylation is 2. The lowest BCUT2D eigenvalue weighted by Gasteiger charge is -2.08. The minimum absolute atomic E-state index is 0.241. The van der Waals surface area contributed by atoms with Gasteiger partial charge in [-0.25, -0.2) is 13.1 Å². The monoisotopic (exact) mass is 437 g/mol. The molecule has 2 rings (SSSR count). The van der Waals surface area contributed by atoms with Crippen molar-refractivity contribution in [1.29, 1.82) is 0 Å². The molecule has 0 radical (unpaired) electrons. The number of hydrogen-bond donors (Lipinski definition) is 1. The number of thiophene rings is 1. The van der Waals surface area contributed by atoms with E-state index in [2.05, 4.69) is 36.6 Å². The molecule has 0 atom stereocenters. The van der Waals surface area contributed by atoms with E-state index in [0.29, 0.717) is 11.0 Å². The Morgan fingerprint density at radius 1 is 1.20 bits per heavy atom. The molecule has 0 unspecified atom stereocenters. The maximum Gasteiger partial charge on any atom is 0.242 e. The zero-order valence-electron chi connectivity index (χ0n) is 10.9. The molecular formula is C13H13Br2NO2S2. The molecular weight excluding hydrogens is 426 g/mol. The van der Waals surface area contributed by atoms with E-state index in [4.69, 9.17) is 0 Å². The normalized spacial score (nSPS) is 11.8. The van der Waals surface area contributed by atoms with Crippen molar-refractivity contribution >= 4 is 53.2 Å². The molecule has 7 heteroatoms. The third kappa shape index (κ3) is 3.71. The van der Waals surface area contributed by atoms with Crippen LogP contribution in [0.4, 0.5) is 0 Å². The molecule has 1 heterocycles. The predicted molar refractivity (Wildman–Crippen MR) is 89.7 cm³/mol. The third-order valence-corrected chi connectivity index (χ3v) is 6.86. The quantitative estimate of drug-likeness (QED) is 0.770. The van der Waals surface area contributed by atoms with E-state index in [1.54, 1.807) is 29.5 Å². The van der Waals surface area contributed by atoms with E-state index in [1.165, 1.54) is 10.4 Å². The topological polar surface area (TPSA) is 46.2 Å². The maximum absolute atomic E-state index is 12.3. The molecule has 2 aromatic rings. The smallest absolute Gasteiger partial charge is 0.207 e. The summed E-state index contributed by atoms with van der Waals surface area (Å²) in [7, 11) is -3.52. The van der Waals surface area contributed by atoms with Gasteiger partial charge in [-0.05, 0) is 59.6 Å². The summed E-state index contributed by atoms with van der Waals surface area (Å²) in [6.45, 7) is 4.36. The van der Waals surface area contributed by atoms with Gasteiger partial charge in [-0.15, -0.1) is 11.3 Å². The van der Waals surface area contributed by atoms with E-state index in [9.17, 15) is 8.42 Å². The Labute approximate surface area is 139 Å². The number of hydrogen-bond acceptors (Lipinski definition) is 3. The summed E-state index contributed by atoms with van der Waals surface area (Å²) in [6.07, 6.45) is 0. The molecule has 0 bridgehead atoms. The van der Waals surface area contributed by atoms with Crippen LogP contribution in [0.1, 0.15) is 15.3 Å². The van der Waals surface area contributed by atoms with Crippen molar-refractivity contribution in [3.8, 4) is 0 Å². The van der Waals surface area contributed by atoms with Crippen molar-refractivity contribution in [1.82, 2.24) is 4.72 Å². The van der Waals surface area contributed by atoms with Gasteiger partial charge in [-0.3, -0.25) is 0 Å². The zero-order valence-corrected chi connectivity index (χ0v) is 15.7. The van der Waals surface area contributed by atoms with Crippen molar-refractivity contribution in [3.05, 3.63) is 48.5 Å². The average molecular weight is 439 g/mol. The van der Waals surface area contributed by atoms with E-state index in [1.807, 2.05) is 19.9 Å². The molecule has 0 spiro atoms. The summed E-state index contributed by atoms with van der Waals surface area (Å²) in [5.41, 5.74) is 1.19. The molecule has 20 heavy (non-hydrogen) atoms.